The number of rotatable bonds is 4. The summed E-state index contributed by atoms with van der Waals surface area (Å²) in [6.07, 6.45) is 9.36. The molecule has 1 aromatic carbocycles. The molecular weight excluding hydrogens is 440 g/mol. The number of hydrogen-bond donors (Lipinski definition) is 2. The van der Waals surface area contributed by atoms with Crippen molar-refractivity contribution in [2.75, 3.05) is 0 Å². The Balaban J connectivity index is 1.64. The highest BCUT2D eigenvalue weighted by atomic mass is 14.8. The lowest BCUT2D eigenvalue weighted by atomic mass is 9.88. The van der Waals surface area contributed by atoms with Crippen LogP contribution in [-0.4, -0.2) is 19.9 Å². The van der Waals surface area contributed by atoms with Crippen molar-refractivity contribution in [2.45, 2.75) is 40.0 Å². The molecule has 2 aliphatic heterocycles. The largest absolute Gasteiger partial charge is 0.355 e. The zero-order valence-electron chi connectivity index (χ0n) is 21.0. The lowest BCUT2D eigenvalue weighted by molar-refractivity contribution is 1.03. The van der Waals surface area contributed by atoms with Crippen molar-refractivity contribution in [1.29, 1.82) is 0 Å². The number of hydrogen-bond acceptors (Lipinski definition) is 2. The van der Waals surface area contributed by atoms with Gasteiger partial charge in [-0.05, 0) is 108 Å². The molecule has 2 aliphatic rings. The number of H-pyrrole nitrogens is 2. The predicted molar refractivity (Wildman–Crippen MR) is 151 cm³/mol. The number of aryl methyl sites for hydroxylation is 3. The van der Waals surface area contributed by atoms with Gasteiger partial charge in [0.2, 0.25) is 0 Å². The highest BCUT2D eigenvalue weighted by Gasteiger charge is 2.19. The molecule has 0 radical (unpaired) electrons. The third kappa shape index (κ3) is 4.20. The topological polar surface area (TPSA) is 57.4 Å². The SMILES string of the molecule is CCc1cc(CC)c(C2=Cc3cc4ccc(cc5nc(cc6ccc(cc2n3)[nH]6)C=C5)[nH]4)c(CC)c1. The van der Waals surface area contributed by atoms with Crippen LogP contribution in [0.2, 0.25) is 0 Å². The van der Waals surface area contributed by atoms with E-state index in [9.17, 15) is 0 Å². The summed E-state index contributed by atoms with van der Waals surface area (Å²) >= 11 is 0. The van der Waals surface area contributed by atoms with Gasteiger partial charge in [0.1, 0.15) is 0 Å². The Hall–Kier alpha value is -4.18. The second-order valence-corrected chi connectivity index (χ2v) is 9.44. The van der Waals surface area contributed by atoms with Crippen LogP contribution in [0.3, 0.4) is 0 Å². The molecule has 4 nitrogen and oxygen atoms in total. The molecule has 8 bridgehead atoms. The van der Waals surface area contributed by atoms with Crippen molar-refractivity contribution in [3.63, 3.8) is 0 Å². The normalized spacial score (nSPS) is 12.7. The molecule has 0 fully saturated rings. The molecule has 36 heavy (non-hydrogen) atoms. The molecule has 0 unspecified atom stereocenters. The minimum Gasteiger partial charge on any atom is -0.355 e. The smallest absolute Gasteiger partial charge is 0.0736 e. The average molecular weight is 471 g/mol. The molecule has 0 aliphatic carbocycles. The molecule has 6 rings (SSSR count). The number of aromatic nitrogens is 4. The molecule has 0 amide bonds. The number of benzene rings is 1. The number of aromatic amines is 2. The Morgan fingerprint density at radius 2 is 1.11 bits per heavy atom. The van der Waals surface area contributed by atoms with Crippen molar-refractivity contribution in [3.05, 3.63) is 106 Å². The molecule has 0 atom stereocenters. The summed E-state index contributed by atoms with van der Waals surface area (Å²) in [5, 5.41) is 0. The van der Waals surface area contributed by atoms with Gasteiger partial charge in [-0.3, -0.25) is 0 Å². The van der Waals surface area contributed by atoms with Gasteiger partial charge in [0.05, 0.1) is 22.8 Å². The summed E-state index contributed by atoms with van der Waals surface area (Å²) in [4.78, 5) is 16.9. The first-order chi connectivity index (χ1) is 17.6. The molecular formula is C32H30N4. The molecule has 3 aromatic heterocycles. The fourth-order valence-electron chi connectivity index (χ4n) is 5.16. The van der Waals surface area contributed by atoms with Crippen LogP contribution in [0.15, 0.2) is 60.7 Å². The van der Waals surface area contributed by atoms with Crippen LogP contribution < -0.4 is 0 Å². The summed E-state index contributed by atoms with van der Waals surface area (Å²) in [6.45, 7) is 6.73. The van der Waals surface area contributed by atoms with Gasteiger partial charge in [-0.25, -0.2) is 9.97 Å². The van der Waals surface area contributed by atoms with Gasteiger partial charge in [-0.2, -0.15) is 0 Å². The number of nitrogens with zero attached hydrogens (tertiary/aromatic N) is 2. The zero-order chi connectivity index (χ0) is 24.6. The Kier molecular flexibility index (Phi) is 5.65. The fraction of sp³-hybridized carbons (Fsp3) is 0.188. The van der Waals surface area contributed by atoms with E-state index in [1.807, 2.05) is 12.2 Å². The minimum atomic E-state index is 0.936. The summed E-state index contributed by atoms with van der Waals surface area (Å²) in [7, 11) is 0. The summed E-state index contributed by atoms with van der Waals surface area (Å²) < 4.78 is 0. The van der Waals surface area contributed by atoms with Gasteiger partial charge in [0.15, 0.2) is 0 Å². The summed E-state index contributed by atoms with van der Waals surface area (Å²) in [5.74, 6) is 0. The van der Waals surface area contributed by atoms with Crippen LogP contribution in [0.1, 0.15) is 65.8 Å². The van der Waals surface area contributed by atoms with Gasteiger partial charge >= 0.3 is 0 Å². The molecule has 4 aromatic rings. The number of fused-ring (bicyclic) bond motifs is 8. The molecule has 2 N–H and O–H groups in total. The second-order valence-electron chi connectivity index (χ2n) is 9.44. The van der Waals surface area contributed by atoms with Crippen molar-refractivity contribution in [2.24, 2.45) is 0 Å². The first kappa shape index (κ1) is 22.3. The summed E-state index contributed by atoms with van der Waals surface area (Å²) in [6, 6.07) is 21.6. The third-order valence-corrected chi connectivity index (χ3v) is 6.97. The molecule has 0 saturated heterocycles. The highest BCUT2D eigenvalue weighted by Crippen LogP contribution is 2.35. The van der Waals surface area contributed by atoms with E-state index in [1.165, 1.54) is 27.8 Å². The molecule has 0 saturated carbocycles. The van der Waals surface area contributed by atoms with E-state index in [1.54, 1.807) is 0 Å². The van der Waals surface area contributed by atoms with Crippen molar-refractivity contribution in [1.82, 2.24) is 19.9 Å². The zero-order valence-corrected chi connectivity index (χ0v) is 21.0. The maximum absolute atomic E-state index is 5.10. The maximum atomic E-state index is 5.10. The van der Waals surface area contributed by atoms with Gasteiger partial charge in [-0.15, -0.1) is 0 Å². The van der Waals surface area contributed by atoms with E-state index in [-0.39, 0.29) is 0 Å². The molecule has 4 heteroatoms. The van der Waals surface area contributed by atoms with Crippen molar-refractivity contribution >= 4 is 45.9 Å². The monoisotopic (exact) mass is 470 g/mol. The van der Waals surface area contributed by atoms with Gasteiger partial charge in [-0.1, -0.05) is 32.9 Å². The maximum Gasteiger partial charge on any atom is 0.0736 e. The van der Waals surface area contributed by atoms with Crippen LogP contribution >= 0.6 is 0 Å². The lowest BCUT2D eigenvalue weighted by Gasteiger charge is -2.16. The van der Waals surface area contributed by atoms with Crippen molar-refractivity contribution < 1.29 is 0 Å². The average Bonchev–Trinajstić information content (AvgIpc) is 3.68. The van der Waals surface area contributed by atoms with Crippen LogP contribution in [0.4, 0.5) is 0 Å². The van der Waals surface area contributed by atoms with E-state index in [4.69, 9.17) is 9.97 Å². The van der Waals surface area contributed by atoms with Crippen LogP contribution in [-0.2, 0) is 19.3 Å². The molecule has 0 spiro atoms. The Labute approximate surface area is 211 Å². The van der Waals surface area contributed by atoms with E-state index in [0.717, 1.165) is 64.1 Å². The summed E-state index contributed by atoms with van der Waals surface area (Å²) in [5.41, 5.74) is 14.6. The van der Waals surface area contributed by atoms with Gasteiger partial charge < -0.3 is 9.97 Å². The minimum absolute atomic E-state index is 0.936. The standard InChI is InChI=1S/C32H30N4/c1-4-20-13-21(5-2)32(22(6-3)14-20)30-18-29-17-27-10-9-25(34-27)15-23-7-8-24(33-23)16-26-11-12-28(35-26)19-31(30)36-29/h7-19,34-35H,4-6H2,1-3H3. The second kappa shape index (κ2) is 9.12. The van der Waals surface area contributed by atoms with Crippen LogP contribution in [0, 0.1) is 0 Å². The van der Waals surface area contributed by atoms with E-state index < -0.39 is 0 Å². The predicted octanol–water partition coefficient (Wildman–Crippen LogP) is 7.76. The van der Waals surface area contributed by atoms with E-state index >= 15 is 0 Å². The van der Waals surface area contributed by atoms with Crippen LogP contribution in [0.25, 0.3) is 45.9 Å². The third-order valence-electron chi connectivity index (χ3n) is 6.97. The van der Waals surface area contributed by atoms with E-state index in [2.05, 4.69) is 97.5 Å². The quantitative estimate of drug-likeness (QED) is 0.277. The van der Waals surface area contributed by atoms with Crippen LogP contribution in [0.5, 0.6) is 0 Å². The van der Waals surface area contributed by atoms with Crippen molar-refractivity contribution in [3.8, 4) is 0 Å². The first-order valence-corrected chi connectivity index (χ1v) is 12.8. The first-order valence-electron chi connectivity index (χ1n) is 12.8. The van der Waals surface area contributed by atoms with E-state index in [0.29, 0.717) is 0 Å². The molecule has 5 heterocycles. The fourth-order valence-corrected chi connectivity index (χ4v) is 5.16. The lowest BCUT2D eigenvalue weighted by Crippen LogP contribution is -2.01. The Morgan fingerprint density at radius 3 is 1.64 bits per heavy atom. The Bertz CT molecular complexity index is 1670. The molecule has 178 valence electrons. The van der Waals surface area contributed by atoms with Gasteiger partial charge in [0, 0.05) is 27.6 Å². The highest BCUT2D eigenvalue weighted by molar-refractivity contribution is 5.95. The van der Waals surface area contributed by atoms with Gasteiger partial charge in [0.25, 0.3) is 0 Å². The Morgan fingerprint density at radius 1 is 0.583 bits per heavy atom. The number of nitrogens with one attached hydrogen (secondary N) is 2.